The zero-order valence-electron chi connectivity index (χ0n) is 19.8. The Kier molecular flexibility index (Phi) is 5.96. The topological polar surface area (TPSA) is 11.3 Å². The Morgan fingerprint density at radius 2 is 0.528 bits per heavy atom. The lowest BCUT2D eigenvalue weighted by Crippen LogP contribution is -1.87. The molecule has 1 heteroatoms. The predicted octanol–water partition coefficient (Wildman–Crippen LogP) is 9.90. The van der Waals surface area contributed by atoms with Crippen molar-refractivity contribution in [3.63, 3.8) is 0 Å². The van der Waals surface area contributed by atoms with Crippen molar-refractivity contribution in [1.29, 1.82) is 0 Å². The Balaban J connectivity index is 1.41. The molecule has 36 heavy (non-hydrogen) atoms. The highest BCUT2D eigenvalue weighted by atomic mass is 16.3. The van der Waals surface area contributed by atoms with Crippen LogP contribution in [-0.2, 0) is 0 Å². The normalized spacial score (nSPS) is 10.8. The van der Waals surface area contributed by atoms with Crippen LogP contribution in [0.25, 0.3) is 56.0 Å². The van der Waals surface area contributed by atoms with Gasteiger partial charge in [-0.25, -0.2) is 4.42 Å². The molecule has 0 aliphatic rings. The van der Waals surface area contributed by atoms with Crippen molar-refractivity contribution in [3.05, 3.63) is 152 Å². The molecule has 0 unspecified atom stereocenters. The Labute approximate surface area is 212 Å². The molecule has 0 saturated heterocycles. The summed E-state index contributed by atoms with van der Waals surface area (Å²) in [6.45, 7) is 0. The first-order valence-corrected chi connectivity index (χ1v) is 12.2. The molecule has 1 aromatic heterocycles. The van der Waals surface area contributed by atoms with E-state index in [4.69, 9.17) is 4.42 Å². The summed E-state index contributed by atoms with van der Waals surface area (Å²) >= 11 is 0. The van der Waals surface area contributed by atoms with Gasteiger partial charge in [0.15, 0.2) is 0 Å². The van der Waals surface area contributed by atoms with Gasteiger partial charge in [0.1, 0.15) is 0 Å². The molecule has 0 radical (unpaired) electrons. The Morgan fingerprint density at radius 1 is 0.250 bits per heavy atom. The third-order valence-corrected chi connectivity index (χ3v) is 6.45. The quantitative estimate of drug-likeness (QED) is 0.232. The van der Waals surface area contributed by atoms with Gasteiger partial charge >= 0.3 is 11.5 Å². The highest BCUT2D eigenvalue weighted by Gasteiger charge is 2.21. The maximum Gasteiger partial charge on any atom is 0.361 e. The number of benzene rings is 5. The van der Waals surface area contributed by atoms with Gasteiger partial charge in [-0.1, -0.05) is 115 Å². The van der Waals surface area contributed by atoms with Crippen LogP contribution in [0, 0.1) is 0 Å². The number of rotatable bonds is 5. The molecule has 0 atom stereocenters. The molecule has 0 saturated carbocycles. The van der Waals surface area contributed by atoms with Gasteiger partial charge in [0.05, 0.1) is 23.3 Å². The van der Waals surface area contributed by atoms with Gasteiger partial charge < -0.3 is 0 Å². The zero-order valence-corrected chi connectivity index (χ0v) is 19.8. The van der Waals surface area contributed by atoms with Crippen LogP contribution in [0.2, 0.25) is 0 Å². The highest BCUT2D eigenvalue weighted by molar-refractivity contribution is 5.76. The van der Waals surface area contributed by atoms with Gasteiger partial charge in [0, 0.05) is 5.56 Å². The van der Waals surface area contributed by atoms with Gasteiger partial charge in [0.2, 0.25) is 0 Å². The molecular formula is C35H25O+. The molecule has 0 aliphatic carbocycles. The van der Waals surface area contributed by atoms with E-state index >= 15 is 0 Å². The smallest absolute Gasteiger partial charge is 0.207 e. The van der Waals surface area contributed by atoms with Gasteiger partial charge in [0.25, 0.3) is 0 Å². The minimum Gasteiger partial charge on any atom is -0.207 e. The maximum absolute atomic E-state index is 6.50. The number of hydrogen-bond donors (Lipinski definition) is 0. The van der Waals surface area contributed by atoms with E-state index in [1.165, 1.54) is 22.3 Å². The van der Waals surface area contributed by atoms with Crippen LogP contribution in [0.3, 0.4) is 0 Å². The minimum absolute atomic E-state index is 0.845. The van der Waals surface area contributed by atoms with Crippen LogP contribution in [0.5, 0.6) is 0 Å². The van der Waals surface area contributed by atoms with Crippen molar-refractivity contribution >= 4 is 0 Å². The van der Waals surface area contributed by atoms with Crippen LogP contribution < -0.4 is 0 Å². The summed E-state index contributed by atoms with van der Waals surface area (Å²) in [5.41, 5.74) is 9.19. The molecular weight excluding hydrogens is 436 g/mol. The first-order valence-electron chi connectivity index (χ1n) is 12.2. The highest BCUT2D eigenvalue weighted by Crippen LogP contribution is 2.34. The van der Waals surface area contributed by atoms with E-state index in [0.29, 0.717) is 0 Å². The Morgan fingerprint density at radius 3 is 0.889 bits per heavy atom. The minimum atomic E-state index is 0.845. The Bertz CT molecular complexity index is 1470. The van der Waals surface area contributed by atoms with Crippen molar-refractivity contribution in [2.45, 2.75) is 0 Å². The third-order valence-electron chi connectivity index (χ3n) is 6.45. The molecule has 1 heterocycles. The summed E-state index contributed by atoms with van der Waals surface area (Å²) in [5.74, 6) is 1.69. The lowest BCUT2D eigenvalue weighted by atomic mass is 9.99. The molecule has 0 bridgehead atoms. The van der Waals surface area contributed by atoms with E-state index in [2.05, 4.69) is 133 Å². The predicted molar refractivity (Wildman–Crippen MR) is 150 cm³/mol. The van der Waals surface area contributed by atoms with E-state index in [1.54, 1.807) is 0 Å². The fourth-order valence-corrected chi connectivity index (χ4v) is 4.50. The molecule has 6 aromatic rings. The summed E-state index contributed by atoms with van der Waals surface area (Å²) in [7, 11) is 0. The average molecular weight is 462 g/mol. The molecule has 0 N–H and O–H groups in total. The summed E-state index contributed by atoms with van der Waals surface area (Å²) in [6, 6.07) is 52.8. The van der Waals surface area contributed by atoms with Crippen molar-refractivity contribution in [2.75, 3.05) is 0 Å². The van der Waals surface area contributed by atoms with E-state index < -0.39 is 0 Å². The fraction of sp³-hybridized carbons (Fsp3) is 0. The molecule has 0 fully saturated rings. The van der Waals surface area contributed by atoms with Gasteiger partial charge in [-0.2, -0.15) is 0 Å². The second-order valence-electron chi connectivity index (χ2n) is 8.83. The first kappa shape index (κ1) is 21.8. The standard InChI is InChI=1S/C35H25O/c1-4-10-26(11-5-1)29-16-20-31(21-17-29)34-24-33(28-14-8-3-9-15-28)25-35(36-34)32-22-18-30(19-23-32)27-12-6-2-7-13-27/h1-25H/q+1. The van der Waals surface area contributed by atoms with Crippen LogP contribution in [0.15, 0.2) is 156 Å². The van der Waals surface area contributed by atoms with Crippen molar-refractivity contribution in [3.8, 4) is 56.0 Å². The lowest BCUT2D eigenvalue weighted by Gasteiger charge is -2.05. The van der Waals surface area contributed by atoms with Gasteiger partial charge in [-0.3, -0.25) is 0 Å². The second kappa shape index (κ2) is 9.85. The van der Waals surface area contributed by atoms with Crippen molar-refractivity contribution in [1.82, 2.24) is 0 Å². The molecule has 170 valence electrons. The maximum atomic E-state index is 6.50. The Hall–Kier alpha value is -4.75. The summed E-state index contributed by atoms with van der Waals surface area (Å²) in [5, 5.41) is 0. The molecule has 0 aliphatic heterocycles. The van der Waals surface area contributed by atoms with E-state index in [1.807, 2.05) is 18.2 Å². The van der Waals surface area contributed by atoms with Crippen LogP contribution in [-0.4, -0.2) is 0 Å². The largest absolute Gasteiger partial charge is 0.361 e. The third kappa shape index (κ3) is 4.60. The summed E-state index contributed by atoms with van der Waals surface area (Å²) in [6.07, 6.45) is 0. The van der Waals surface area contributed by atoms with Crippen molar-refractivity contribution in [2.24, 2.45) is 0 Å². The lowest BCUT2D eigenvalue weighted by molar-refractivity contribution is 0.582. The van der Waals surface area contributed by atoms with Crippen LogP contribution in [0.4, 0.5) is 0 Å². The molecule has 6 rings (SSSR count). The van der Waals surface area contributed by atoms with Crippen LogP contribution in [0.1, 0.15) is 0 Å². The van der Waals surface area contributed by atoms with E-state index in [-0.39, 0.29) is 0 Å². The monoisotopic (exact) mass is 461 g/mol. The molecule has 0 amide bonds. The fourth-order valence-electron chi connectivity index (χ4n) is 4.50. The van der Waals surface area contributed by atoms with E-state index in [0.717, 1.165) is 33.8 Å². The molecule has 0 spiro atoms. The van der Waals surface area contributed by atoms with Gasteiger partial charge in [-0.05, 0) is 52.1 Å². The van der Waals surface area contributed by atoms with E-state index in [9.17, 15) is 0 Å². The SMILES string of the molecule is c1ccc(-c2ccc(-c3cc(-c4ccccc4)cc(-c4ccc(-c5ccccc5)cc4)[o+]3)cc2)cc1. The average Bonchev–Trinajstić information content (AvgIpc) is 2.98. The summed E-state index contributed by atoms with van der Waals surface area (Å²) < 4.78 is 6.50. The number of hydrogen-bond acceptors (Lipinski definition) is 0. The summed E-state index contributed by atoms with van der Waals surface area (Å²) in [4.78, 5) is 0. The van der Waals surface area contributed by atoms with Crippen LogP contribution >= 0.6 is 0 Å². The van der Waals surface area contributed by atoms with Crippen molar-refractivity contribution < 1.29 is 4.42 Å². The second-order valence-corrected chi connectivity index (χ2v) is 8.83. The van der Waals surface area contributed by atoms with Gasteiger partial charge in [-0.15, -0.1) is 0 Å². The zero-order chi connectivity index (χ0) is 24.2. The molecule has 5 aromatic carbocycles. The molecule has 1 nitrogen and oxygen atoms in total. The first-order chi connectivity index (χ1) is 17.8.